The number of aliphatic hydroxyl groups is 2. The first-order valence-corrected chi connectivity index (χ1v) is 24.7. The molecule has 0 saturated carbocycles. The van der Waals surface area contributed by atoms with E-state index in [1.807, 2.05) is 6.08 Å². The van der Waals surface area contributed by atoms with E-state index < -0.39 is 51.8 Å². The number of esters is 2. The van der Waals surface area contributed by atoms with E-state index in [0.717, 1.165) is 38.5 Å². The van der Waals surface area contributed by atoms with Crippen LogP contribution in [0, 0.1) is 0 Å². The number of hydrogen-bond donors (Lipinski definition) is 3. The topological polar surface area (TPSA) is 149 Å². The summed E-state index contributed by atoms with van der Waals surface area (Å²) >= 11 is 0. The minimum atomic E-state index is -4.64. The molecule has 10 nitrogen and oxygen atoms in total. The largest absolute Gasteiger partial charge is 0.472 e. The van der Waals surface area contributed by atoms with Gasteiger partial charge in [0.25, 0.3) is 0 Å². The predicted octanol–water partition coefficient (Wildman–Crippen LogP) is 12.7. The van der Waals surface area contributed by atoms with Crippen LogP contribution in [0.3, 0.4) is 0 Å². The van der Waals surface area contributed by atoms with E-state index in [0.29, 0.717) is 19.3 Å². The highest BCUT2D eigenvalue weighted by Crippen LogP contribution is 2.43. The molecule has 0 aromatic rings. The zero-order valence-corrected chi connectivity index (χ0v) is 38.1. The van der Waals surface area contributed by atoms with Gasteiger partial charge in [-0.3, -0.25) is 18.6 Å². The summed E-state index contributed by atoms with van der Waals surface area (Å²) in [6, 6.07) is 0. The maximum Gasteiger partial charge on any atom is 0.472 e. The number of phosphoric ester groups is 1. The number of phosphoric acid groups is 1. The Morgan fingerprint density at radius 3 is 1.39 bits per heavy atom. The summed E-state index contributed by atoms with van der Waals surface area (Å²) in [7, 11) is -4.64. The fourth-order valence-electron chi connectivity index (χ4n) is 6.04. The van der Waals surface area contributed by atoms with Gasteiger partial charge in [-0.1, -0.05) is 164 Å². The van der Waals surface area contributed by atoms with Crippen LogP contribution in [-0.2, 0) is 32.7 Å². The molecule has 3 atom stereocenters. The lowest BCUT2D eigenvalue weighted by Gasteiger charge is -2.20. The molecule has 1 unspecified atom stereocenters. The molecule has 0 radical (unpaired) electrons. The van der Waals surface area contributed by atoms with Crippen molar-refractivity contribution in [3.63, 3.8) is 0 Å². The van der Waals surface area contributed by atoms with E-state index in [1.54, 1.807) is 0 Å². The van der Waals surface area contributed by atoms with Crippen LogP contribution >= 0.6 is 7.82 Å². The molecule has 0 spiro atoms. The lowest BCUT2D eigenvalue weighted by Crippen LogP contribution is -2.29. The van der Waals surface area contributed by atoms with Crippen molar-refractivity contribution in [2.24, 2.45) is 0 Å². The van der Waals surface area contributed by atoms with Crippen molar-refractivity contribution >= 4 is 19.8 Å². The average molecular weight is 853 g/mol. The Morgan fingerprint density at radius 2 is 0.898 bits per heavy atom. The highest BCUT2D eigenvalue weighted by atomic mass is 31.2. The van der Waals surface area contributed by atoms with Gasteiger partial charge in [0.05, 0.1) is 19.8 Å². The van der Waals surface area contributed by atoms with Crippen LogP contribution in [0.5, 0.6) is 0 Å². The first-order valence-electron chi connectivity index (χ1n) is 23.2. The summed E-state index contributed by atoms with van der Waals surface area (Å²) in [5.74, 6) is -1.02. The Hall–Kier alpha value is -2.33. The van der Waals surface area contributed by atoms with Crippen LogP contribution < -0.4 is 0 Å². The molecule has 0 aliphatic heterocycles. The van der Waals surface area contributed by atoms with Crippen LogP contribution in [0.25, 0.3) is 0 Å². The van der Waals surface area contributed by atoms with E-state index in [4.69, 9.17) is 19.1 Å². The fraction of sp³-hybridized carbons (Fsp3) is 0.750. The van der Waals surface area contributed by atoms with Crippen LogP contribution in [0.1, 0.15) is 194 Å². The Morgan fingerprint density at radius 1 is 0.508 bits per heavy atom. The molecule has 0 heterocycles. The van der Waals surface area contributed by atoms with Crippen LogP contribution in [0.4, 0.5) is 0 Å². The molecule has 0 aromatic heterocycles. The summed E-state index contributed by atoms with van der Waals surface area (Å²) in [6.07, 6.45) is 49.2. The Labute approximate surface area is 359 Å². The van der Waals surface area contributed by atoms with Crippen LogP contribution in [0.2, 0.25) is 0 Å². The van der Waals surface area contributed by atoms with Crippen molar-refractivity contribution in [1.29, 1.82) is 0 Å². The van der Waals surface area contributed by atoms with E-state index in [-0.39, 0.29) is 19.4 Å². The van der Waals surface area contributed by atoms with Gasteiger partial charge in [-0.15, -0.1) is 0 Å². The van der Waals surface area contributed by atoms with Crippen molar-refractivity contribution in [1.82, 2.24) is 0 Å². The van der Waals surface area contributed by atoms with Gasteiger partial charge in [0, 0.05) is 12.8 Å². The lowest BCUT2D eigenvalue weighted by atomic mass is 10.1. The number of aliphatic hydroxyl groups excluding tert-OH is 2. The normalized spacial score (nSPS) is 14.3. The third-order valence-electron chi connectivity index (χ3n) is 9.64. The van der Waals surface area contributed by atoms with Crippen molar-refractivity contribution in [3.05, 3.63) is 60.8 Å². The number of carbonyl (C=O) groups is 2. The third-order valence-corrected chi connectivity index (χ3v) is 10.6. The molecular formula is C48H85O10P. The first kappa shape index (κ1) is 56.7. The second-order valence-corrected chi connectivity index (χ2v) is 16.9. The van der Waals surface area contributed by atoms with Crippen molar-refractivity contribution in [2.45, 2.75) is 206 Å². The lowest BCUT2D eigenvalue weighted by molar-refractivity contribution is -0.161. The van der Waals surface area contributed by atoms with E-state index in [1.165, 1.54) is 109 Å². The number of ether oxygens (including phenoxy) is 2. The van der Waals surface area contributed by atoms with Crippen molar-refractivity contribution in [3.8, 4) is 0 Å². The van der Waals surface area contributed by atoms with Gasteiger partial charge in [-0.05, 0) is 77.0 Å². The highest BCUT2D eigenvalue weighted by molar-refractivity contribution is 7.47. The maximum atomic E-state index is 12.6. The summed E-state index contributed by atoms with van der Waals surface area (Å²) < 4.78 is 32.7. The minimum absolute atomic E-state index is 0.103. The van der Waals surface area contributed by atoms with Crippen LogP contribution in [-0.4, -0.2) is 65.7 Å². The Bertz CT molecular complexity index is 1160. The van der Waals surface area contributed by atoms with E-state index in [2.05, 4.69) is 73.1 Å². The van der Waals surface area contributed by atoms with E-state index in [9.17, 15) is 24.2 Å². The van der Waals surface area contributed by atoms with Crippen molar-refractivity contribution < 1.29 is 47.8 Å². The molecule has 59 heavy (non-hydrogen) atoms. The molecule has 11 heteroatoms. The second-order valence-electron chi connectivity index (χ2n) is 15.4. The molecule has 0 aromatic carbocycles. The molecule has 0 aliphatic rings. The summed E-state index contributed by atoms with van der Waals surface area (Å²) in [5.41, 5.74) is 0. The van der Waals surface area contributed by atoms with Gasteiger partial charge < -0.3 is 24.6 Å². The number of unbranched alkanes of at least 4 members (excludes halogenated alkanes) is 19. The van der Waals surface area contributed by atoms with Gasteiger partial charge in [-0.2, -0.15) is 0 Å². The molecule has 0 bridgehead atoms. The van der Waals surface area contributed by atoms with E-state index >= 15 is 0 Å². The zero-order valence-electron chi connectivity index (χ0n) is 37.2. The van der Waals surface area contributed by atoms with Gasteiger partial charge in [0.1, 0.15) is 12.7 Å². The van der Waals surface area contributed by atoms with Crippen molar-refractivity contribution in [2.75, 3.05) is 26.4 Å². The standard InChI is InChI=1S/C48H85O10P/c1-3-5-7-9-11-13-15-17-19-20-21-22-23-24-26-28-30-32-34-36-38-40-48(52)58-46(44-57-59(53,54)56-42-45(50)41-49)43-55-47(51)39-37-35-33-31-29-27-25-18-16-14-12-10-8-6-4-2/h19-20,22-23,26,28-29,31-32,34,45-46,49-50H,3-18,21,24-25,27,30,33,35-44H2,1-2H3,(H,53,54)/b20-19+,23-22+,28-26+,31-29+,34-32+/t45-,46+/m0/s1. The maximum absolute atomic E-state index is 12.6. The molecule has 0 rings (SSSR count). The first-order chi connectivity index (χ1) is 28.7. The Kier molecular flexibility index (Phi) is 42.0. The third kappa shape index (κ3) is 43.6. The summed E-state index contributed by atoms with van der Waals surface area (Å²) in [4.78, 5) is 35.0. The zero-order chi connectivity index (χ0) is 43.3. The fourth-order valence-corrected chi connectivity index (χ4v) is 6.83. The molecule has 0 fully saturated rings. The molecule has 0 amide bonds. The highest BCUT2D eigenvalue weighted by Gasteiger charge is 2.27. The SMILES string of the molecule is CCCCCCCCC/C=C/C/C=C/C/C=C/C/C=C/CCCC(=O)O[C@H](COC(=O)CCCC/C=C/CCCCCCCCCCC)COP(=O)(O)OC[C@@H](O)CO. The number of carbonyl (C=O) groups excluding carboxylic acids is 2. The molecule has 342 valence electrons. The second kappa shape index (κ2) is 43.7. The van der Waals surface area contributed by atoms with Crippen LogP contribution in [0.15, 0.2) is 60.8 Å². The molecule has 0 saturated heterocycles. The Balaban J connectivity index is 4.39. The smallest absolute Gasteiger partial charge is 0.462 e. The summed E-state index contributed by atoms with van der Waals surface area (Å²) in [5, 5.41) is 18.3. The molecule has 0 aliphatic carbocycles. The van der Waals surface area contributed by atoms with Gasteiger partial charge in [-0.25, -0.2) is 4.57 Å². The quantitative estimate of drug-likeness (QED) is 0.0234. The van der Waals surface area contributed by atoms with Gasteiger partial charge >= 0.3 is 19.8 Å². The van der Waals surface area contributed by atoms with Gasteiger partial charge in [0.2, 0.25) is 0 Å². The number of allylic oxidation sites excluding steroid dienone is 10. The monoisotopic (exact) mass is 853 g/mol. The minimum Gasteiger partial charge on any atom is -0.462 e. The number of hydrogen-bond acceptors (Lipinski definition) is 9. The predicted molar refractivity (Wildman–Crippen MR) is 242 cm³/mol. The van der Waals surface area contributed by atoms with Gasteiger partial charge in [0.15, 0.2) is 6.10 Å². The number of rotatable bonds is 43. The molecular weight excluding hydrogens is 767 g/mol. The molecule has 3 N–H and O–H groups in total. The average Bonchev–Trinajstić information content (AvgIpc) is 3.22. The summed E-state index contributed by atoms with van der Waals surface area (Å²) in [6.45, 7) is 2.29.